The lowest BCUT2D eigenvalue weighted by Crippen LogP contribution is -2.23. The Bertz CT molecular complexity index is 886. The zero-order valence-electron chi connectivity index (χ0n) is 14.5. The quantitative estimate of drug-likeness (QED) is 0.711. The largest absolute Gasteiger partial charge is 0.352 e. The summed E-state index contributed by atoms with van der Waals surface area (Å²) < 4.78 is 13.5. The van der Waals surface area contributed by atoms with Crippen LogP contribution in [0.15, 0.2) is 42.5 Å². The normalized spacial score (nSPS) is 11.2. The van der Waals surface area contributed by atoms with E-state index in [1.807, 2.05) is 18.2 Å². The fourth-order valence-corrected chi connectivity index (χ4v) is 2.69. The fraction of sp³-hybridized carbons (Fsp3) is 0.300. The van der Waals surface area contributed by atoms with E-state index in [1.54, 1.807) is 18.2 Å². The molecule has 1 heterocycles. The third-order valence-electron chi connectivity index (χ3n) is 4.19. The average Bonchev–Trinajstić information content (AvgIpc) is 3.03. The highest BCUT2D eigenvalue weighted by Gasteiger charge is 2.08. The predicted molar refractivity (Wildman–Crippen MR) is 96.8 cm³/mol. The molecule has 0 aliphatic rings. The first-order valence-electron chi connectivity index (χ1n) is 8.51. The molecule has 1 aromatic heterocycles. The summed E-state index contributed by atoms with van der Waals surface area (Å²) in [6.45, 7) is 4.40. The number of imidazole rings is 1. The number of benzene rings is 2. The van der Waals surface area contributed by atoms with Crippen LogP contribution in [0.3, 0.4) is 0 Å². The second kappa shape index (κ2) is 7.47. The van der Waals surface area contributed by atoms with Gasteiger partial charge in [-0.05, 0) is 30.2 Å². The molecule has 0 saturated heterocycles. The third-order valence-corrected chi connectivity index (χ3v) is 4.19. The SMILES string of the molecule is CC(C)c1nc2ccc(CCC(=O)NCc3ccccc3F)cc2[nH]1. The van der Waals surface area contributed by atoms with E-state index in [0.29, 0.717) is 24.3 Å². The van der Waals surface area contributed by atoms with Crippen LogP contribution in [0.5, 0.6) is 0 Å². The zero-order chi connectivity index (χ0) is 17.8. The van der Waals surface area contributed by atoms with E-state index in [0.717, 1.165) is 22.4 Å². The summed E-state index contributed by atoms with van der Waals surface area (Å²) in [5.41, 5.74) is 3.51. The van der Waals surface area contributed by atoms with Crippen molar-refractivity contribution in [2.45, 2.75) is 39.2 Å². The Morgan fingerprint density at radius 2 is 2.04 bits per heavy atom. The molecule has 4 nitrogen and oxygen atoms in total. The molecule has 2 aromatic carbocycles. The minimum absolute atomic E-state index is 0.0872. The molecular weight excluding hydrogens is 317 g/mol. The number of H-pyrrole nitrogens is 1. The summed E-state index contributed by atoms with van der Waals surface area (Å²) in [5.74, 6) is 0.930. The van der Waals surface area contributed by atoms with E-state index in [1.165, 1.54) is 6.07 Å². The molecule has 5 heteroatoms. The van der Waals surface area contributed by atoms with Crippen LogP contribution in [0.2, 0.25) is 0 Å². The van der Waals surface area contributed by atoms with Gasteiger partial charge in [-0.2, -0.15) is 0 Å². The highest BCUT2D eigenvalue weighted by atomic mass is 19.1. The summed E-state index contributed by atoms with van der Waals surface area (Å²) in [4.78, 5) is 19.9. The van der Waals surface area contributed by atoms with E-state index in [9.17, 15) is 9.18 Å². The number of hydrogen-bond donors (Lipinski definition) is 2. The molecule has 0 unspecified atom stereocenters. The van der Waals surface area contributed by atoms with Crippen molar-refractivity contribution >= 4 is 16.9 Å². The van der Waals surface area contributed by atoms with Gasteiger partial charge in [-0.25, -0.2) is 9.37 Å². The maximum absolute atomic E-state index is 13.5. The van der Waals surface area contributed by atoms with Gasteiger partial charge in [0, 0.05) is 24.4 Å². The molecule has 0 bridgehead atoms. The van der Waals surface area contributed by atoms with Crippen molar-refractivity contribution in [1.82, 2.24) is 15.3 Å². The van der Waals surface area contributed by atoms with Gasteiger partial charge in [0.2, 0.25) is 5.91 Å². The summed E-state index contributed by atoms with van der Waals surface area (Å²) >= 11 is 0. The number of aromatic amines is 1. The average molecular weight is 339 g/mol. The second-order valence-corrected chi connectivity index (χ2v) is 6.50. The van der Waals surface area contributed by atoms with Gasteiger partial charge in [0.25, 0.3) is 0 Å². The monoisotopic (exact) mass is 339 g/mol. The molecule has 3 aromatic rings. The van der Waals surface area contributed by atoms with Crippen LogP contribution >= 0.6 is 0 Å². The maximum atomic E-state index is 13.5. The number of hydrogen-bond acceptors (Lipinski definition) is 2. The van der Waals surface area contributed by atoms with E-state index in [4.69, 9.17) is 0 Å². The lowest BCUT2D eigenvalue weighted by molar-refractivity contribution is -0.121. The Morgan fingerprint density at radius 1 is 1.24 bits per heavy atom. The van der Waals surface area contributed by atoms with Crippen molar-refractivity contribution in [3.8, 4) is 0 Å². The highest BCUT2D eigenvalue weighted by molar-refractivity contribution is 5.78. The minimum Gasteiger partial charge on any atom is -0.352 e. The molecule has 25 heavy (non-hydrogen) atoms. The van der Waals surface area contributed by atoms with Gasteiger partial charge in [-0.1, -0.05) is 38.1 Å². The number of aryl methyl sites for hydroxylation is 1. The number of fused-ring (bicyclic) bond motifs is 1. The van der Waals surface area contributed by atoms with Crippen LogP contribution in [-0.4, -0.2) is 15.9 Å². The lowest BCUT2D eigenvalue weighted by atomic mass is 10.1. The molecule has 0 saturated carbocycles. The zero-order valence-corrected chi connectivity index (χ0v) is 14.5. The smallest absolute Gasteiger partial charge is 0.220 e. The number of amides is 1. The number of carbonyl (C=O) groups excluding carboxylic acids is 1. The van der Waals surface area contributed by atoms with Crippen LogP contribution in [0.25, 0.3) is 11.0 Å². The third kappa shape index (κ3) is 4.24. The van der Waals surface area contributed by atoms with E-state index in [-0.39, 0.29) is 18.3 Å². The van der Waals surface area contributed by atoms with Crippen molar-refractivity contribution in [3.05, 3.63) is 65.2 Å². The van der Waals surface area contributed by atoms with Gasteiger partial charge in [0.1, 0.15) is 11.6 Å². The van der Waals surface area contributed by atoms with Crippen molar-refractivity contribution < 1.29 is 9.18 Å². The standard InChI is InChI=1S/C20H22FN3O/c1-13(2)20-23-17-9-7-14(11-18(17)24-20)8-10-19(25)22-12-15-5-3-4-6-16(15)21/h3-7,9,11,13H,8,10,12H2,1-2H3,(H,22,25)(H,23,24). The number of aromatic nitrogens is 2. The Labute approximate surface area is 146 Å². The first kappa shape index (κ1) is 17.1. The number of carbonyl (C=O) groups is 1. The fourth-order valence-electron chi connectivity index (χ4n) is 2.69. The maximum Gasteiger partial charge on any atom is 0.220 e. The van der Waals surface area contributed by atoms with Gasteiger partial charge in [0.05, 0.1) is 11.0 Å². The van der Waals surface area contributed by atoms with Crippen LogP contribution < -0.4 is 5.32 Å². The second-order valence-electron chi connectivity index (χ2n) is 6.50. The van der Waals surface area contributed by atoms with Crippen molar-refractivity contribution in [2.24, 2.45) is 0 Å². The van der Waals surface area contributed by atoms with E-state index >= 15 is 0 Å². The number of halogens is 1. The molecular formula is C20H22FN3O. The first-order chi connectivity index (χ1) is 12.0. The molecule has 0 fully saturated rings. The number of rotatable bonds is 6. The molecule has 0 radical (unpaired) electrons. The van der Waals surface area contributed by atoms with Crippen LogP contribution in [0.1, 0.15) is 43.1 Å². The number of nitrogens with one attached hydrogen (secondary N) is 2. The van der Waals surface area contributed by atoms with Crippen molar-refractivity contribution in [3.63, 3.8) is 0 Å². The molecule has 130 valence electrons. The Morgan fingerprint density at radius 3 is 2.80 bits per heavy atom. The lowest BCUT2D eigenvalue weighted by Gasteiger charge is -2.06. The van der Waals surface area contributed by atoms with Crippen LogP contribution in [0, 0.1) is 5.82 Å². The van der Waals surface area contributed by atoms with E-state index in [2.05, 4.69) is 29.1 Å². The summed E-state index contributed by atoms with van der Waals surface area (Å²) in [6, 6.07) is 12.5. The number of nitrogens with zero attached hydrogens (tertiary/aromatic N) is 1. The first-order valence-corrected chi connectivity index (χ1v) is 8.51. The molecule has 0 aliphatic carbocycles. The Kier molecular flexibility index (Phi) is 5.12. The predicted octanol–water partition coefficient (Wildman–Crippen LogP) is 4.07. The Balaban J connectivity index is 1.56. The Hall–Kier alpha value is -2.69. The minimum atomic E-state index is -0.298. The molecule has 3 rings (SSSR count). The van der Waals surface area contributed by atoms with Gasteiger partial charge >= 0.3 is 0 Å². The van der Waals surface area contributed by atoms with Gasteiger partial charge in [-0.15, -0.1) is 0 Å². The van der Waals surface area contributed by atoms with Crippen molar-refractivity contribution in [2.75, 3.05) is 0 Å². The van der Waals surface area contributed by atoms with E-state index < -0.39 is 0 Å². The van der Waals surface area contributed by atoms with Crippen molar-refractivity contribution in [1.29, 1.82) is 0 Å². The summed E-state index contributed by atoms with van der Waals surface area (Å²) in [6.07, 6.45) is 1.00. The molecule has 1 amide bonds. The van der Waals surface area contributed by atoms with Crippen LogP contribution in [-0.2, 0) is 17.8 Å². The summed E-state index contributed by atoms with van der Waals surface area (Å²) in [7, 11) is 0. The molecule has 2 N–H and O–H groups in total. The summed E-state index contributed by atoms with van der Waals surface area (Å²) in [5, 5.41) is 2.77. The van der Waals surface area contributed by atoms with Gasteiger partial charge in [-0.3, -0.25) is 4.79 Å². The van der Waals surface area contributed by atoms with Gasteiger partial charge < -0.3 is 10.3 Å². The molecule has 0 spiro atoms. The topological polar surface area (TPSA) is 57.8 Å². The van der Waals surface area contributed by atoms with Crippen LogP contribution in [0.4, 0.5) is 4.39 Å². The molecule has 0 atom stereocenters. The molecule has 0 aliphatic heterocycles. The highest BCUT2D eigenvalue weighted by Crippen LogP contribution is 2.19. The van der Waals surface area contributed by atoms with Gasteiger partial charge in [0.15, 0.2) is 0 Å².